The summed E-state index contributed by atoms with van der Waals surface area (Å²) < 4.78 is 10.1. The number of anilines is 1. The number of hydrogen-bond acceptors (Lipinski definition) is 6. The van der Waals surface area contributed by atoms with Crippen LogP contribution in [0.1, 0.15) is 21.2 Å². The van der Waals surface area contributed by atoms with Gasteiger partial charge in [0.15, 0.2) is 15.2 Å². The van der Waals surface area contributed by atoms with Crippen LogP contribution in [0.25, 0.3) is 0 Å². The fraction of sp³-hybridized carbons (Fsp3) is 0.333. The lowest BCUT2D eigenvalue weighted by Gasteiger charge is -2.13. The maximum atomic E-state index is 11.5. The normalized spacial score (nSPS) is 10.5. The van der Waals surface area contributed by atoms with Gasteiger partial charge >= 0.3 is 5.97 Å². The molecule has 2 heterocycles. The summed E-state index contributed by atoms with van der Waals surface area (Å²) in [6.07, 6.45) is 0. The van der Waals surface area contributed by atoms with E-state index in [9.17, 15) is 4.79 Å². The van der Waals surface area contributed by atoms with Crippen LogP contribution in [0.4, 0.5) is 5.13 Å². The molecule has 0 aromatic carbocycles. The molecular weight excluding hydrogens is 288 g/mol. The molecule has 2 aromatic heterocycles. The van der Waals surface area contributed by atoms with Crippen LogP contribution in [0.5, 0.6) is 0 Å². The SMILES string of the molecule is COC(=O)c1sc(N(C)Cc2ccc(C)o2)nc1Cl. The molecule has 19 heavy (non-hydrogen) atoms. The number of methoxy groups -OCH3 is 1. The fourth-order valence-corrected chi connectivity index (χ4v) is 2.70. The lowest BCUT2D eigenvalue weighted by atomic mass is 10.4. The Kier molecular flexibility index (Phi) is 4.11. The van der Waals surface area contributed by atoms with E-state index in [-0.39, 0.29) is 5.15 Å². The molecule has 5 nitrogen and oxygen atoms in total. The van der Waals surface area contributed by atoms with Crippen molar-refractivity contribution in [3.8, 4) is 0 Å². The van der Waals surface area contributed by atoms with Gasteiger partial charge in [0, 0.05) is 7.05 Å². The first-order valence-corrected chi connectivity index (χ1v) is 6.71. The second-order valence-corrected chi connectivity index (χ2v) is 5.31. The van der Waals surface area contributed by atoms with E-state index in [2.05, 4.69) is 9.72 Å². The van der Waals surface area contributed by atoms with Gasteiger partial charge in [-0.2, -0.15) is 0 Å². The molecule has 0 N–H and O–H groups in total. The second-order valence-electron chi connectivity index (χ2n) is 3.98. The number of aromatic nitrogens is 1. The number of carbonyl (C=O) groups is 1. The van der Waals surface area contributed by atoms with E-state index >= 15 is 0 Å². The maximum absolute atomic E-state index is 11.5. The number of thiazole rings is 1. The molecule has 0 amide bonds. The van der Waals surface area contributed by atoms with Gasteiger partial charge in [-0.3, -0.25) is 0 Å². The summed E-state index contributed by atoms with van der Waals surface area (Å²) in [5.74, 6) is 1.21. The zero-order chi connectivity index (χ0) is 14.0. The Hall–Kier alpha value is -1.53. The summed E-state index contributed by atoms with van der Waals surface area (Å²) in [6.45, 7) is 2.44. The van der Waals surface area contributed by atoms with Crippen molar-refractivity contribution in [3.63, 3.8) is 0 Å². The van der Waals surface area contributed by atoms with Gasteiger partial charge in [-0.25, -0.2) is 9.78 Å². The van der Waals surface area contributed by atoms with Crippen LogP contribution < -0.4 is 4.90 Å². The number of nitrogens with zero attached hydrogens (tertiary/aromatic N) is 2. The molecule has 0 fully saturated rings. The zero-order valence-corrected chi connectivity index (χ0v) is 12.3. The van der Waals surface area contributed by atoms with Crippen LogP contribution in [-0.4, -0.2) is 25.1 Å². The first kappa shape index (κ1) is 13.9. The minimum atomic E-state index is -0.476. The van der Waals surface area contributed by atoms with Gasteiger partial charge in [0.2, 0.25) is 0 Å². The topological polar surface area (TPSA) is 55.6 Å². The molecule has 0 saturated carbocycles. The molecule has 0 aliphatic carbocycles. The second kappa shape index (κ2) is 5.63. The Morgan fingerprint density at radius 1 is 1.58 bits per heavy atom. The predicted molar refractivity (Wildman–Crippen MR) is 74.0 cm³/mol. The Morgan fingerprint density at radius 3 is 2.89 bits per heavy atom. The van der Waals surface area contributed by atoms with E-state index in [0.29, 0.717) is 16.6 Å². The van der Waals surface area contributed by atoms with Crippen molar-refractivity contribution < 1.29 is 13.9 Å². The van der Waals surface area contributed by atoms with Crippen LogP contribution in [0.2, 0.25) is 5.15 Å². The largest absolute Gasteiger partial charge is 0.465 e. The molecule has 0 spiro atoms. The van der Waals surface area contributed by atoms with E-state index in [1.54, 1.807) is 0 Å². The van der Waals surface area contributed by atoms with Crippen molar-refractivity contribution in [3.05, 3.63) is 33.7 Å². The van der Waals surface area contributed by atoms with Crippen LogP contribution in [0.3, 0.4) is 0 Å². The van der Waals surface area contributed by atoms with Gasteiger partial charge in [0.25, 0.3) is 0 Å². The first-order valence-electron chi connectivity index (χ1n) is 5.52. The van der Waals surface area contributed by atoms with Crippen molar-refractivity contribution in [2.75, 3.05) is 19.1 Å². The highest BCUT2D eigenvalue weighted by Crippen LogP contribution is 2.30. The van der Waals surface area contributed by atoms with Crippen molar-refractivity contribution in [1.29, 1.82) is 0 Å². The number of carbonyl (C=O) groups excluding carboxylic acids is 1. The first-order chi connectivity index (χ1) is 9.01. The van der Waals surface area contributed by atoms with Gasteiger partial charge in [-0.05, 0) is 19.1 Å². The van der Waals surface area contributed by atoms with Crippen molar-refractivity contribution in [2.45, 2.75) is 13.5 Å². The number of esters is 1. The van der Waals surface area contributed by atoms with Crippen LogP contribution in [-0.2, 0) is 11.3 Å². The third kappa shape index (κ3) is 3.08. The average molecular weight is 301 g/mol. The highest BCUT2D eigenvalue weighted by Gasteiger charge is 2.19. The third-order valence-corrected chi connectivity index (χ3v) is 4.00. The quantitative estimate of drug-likeness (QED) is 0.812. The maximum Gasteiger partial charge on any atom is 0.351 e. The van der Waals surface area contributed by atoms with Gasteiger partial charge in [0.05, 0.1) is 13.7 Å². The fourth-order valence-electron chi connectivity index (χ4n) is 1.54. The standard InChI is InChI=1S/C12H13ClN2O3S/c1-7-4-5-8(18-7)6-15(2)12-14-10(13)9(19-12)11(16)17-3/h4-5H,6H2,1-3H3. The van der Waals surface area contributed by atoms with Gasteiger partial charge in [-0.1, -0.05) is 22.9 Å². The van der Waals surface area contributed by atoms with Crippen LogP contribution in [0.15, 0.2) is 16.5 Å². The Labute approximate surface area is 119 Å². The molecular formula is C12H13ClN2O3S. The van der Waals surface area contributed by atoms with Gasteiger partial charge in [0.1, 0.15) is 11.5 Å². The Bertz CT molecular complexity index is 594. The number of aryl methyl sites for hydroxylation is 1. The van der Waals surface area contributed by atoms with Gasteiger partial charge in [-0.15, -0.1) is 0 Å². The van der Waals surface area contributed by atoms with E-state index in [0.717, 1.165) is 11.5 Å². The Morgan fingerprint density at radius 2 is 2.32 bits per heavy atom. The minimum absolute atomic E-state index is 0.161. The zero-order valence-electron chi connectivity index (χ0n) is 10.8. The summed E-state index contributed by atoms with van der Waals surface area (Å²) in [4.78, 5) is 17.8. The van der Waals surface area contributed by atoms with Crippen LogP contribution in [0, 0.1) is 6.92 Å². The molecule has 7 heteroatoms. The summed E-state index contributed by atoms with van der Waals surface area (Å²) in [6, 6.07) is 3.81. The number of rotatable bonds is 4. The lowest BCUT2D eigenvalue weighted by Crippen LogP contribution is -2.15. The lowest BCUT2D eigenvalue weighted by molar-refractivity contribution is 0.0606. The molecule has 0 aliphatic rings. The van der Waals surface area contributed by atoms with E-state index in [1.807, 2.05) is 31.0 Å². The summed E-state index contributed by atoms with van der Waals surface area (Å²) >= 11 is 7.11. The van der Waals surface area contributed by atoms with Crippen molar-refractivity contribution in [1.82, 2.24) is 4.98 Å². The average Bonchev–Trinajstić information content (AvgIpc) is 2.95. The van der Waals surface area contributed by atoms with Crippen molar-refractivity contribution in [2.24, 2.45) is 0 Å². The number of halogens is 1. The van der Waals surface area contributed by atoms with E-state index in [1.165, 1.54) is 18.4 Å². The number of hydrogen-bond donors (Lipinski definition) is 0. The smallest absolute Gasteiger partial charge is 0.351 e. The molecule has 2 rings (SSSR count). The predicted octanol–water partition coefficient (Wildman–Crippen LogP) is 3.12. The number of furan rings is 1. The molecule has 0 aliphatic heterocycles. The molecule has 0 atom stereocenters. The molecule has 0 unspecified atom stereocenters. The number of ether oxygens (including phenoxy) is 1. The summed E-state index contributed by atoms with van der Waals surface area (Å²) in [7, 11) is 3.17. The molecule has 0 bridgehead atoms. The van der Waals surface area contributed by atoms with Gasteiger partial charge < -0.3 is 14.1 Å². The molecule has 0 saturated heterocycles. The summed E-state index contributed by atoms with van der Waals surface area (Å²) in [5, 5.41) is 0.800. The molecule has 2 aromatic rings. The highest BCUT2D eigenvalue weighted by molar-refractivity contribution is 7.18. The Balaban J connectivity index is 2.15. The summed E-state index contributed by atoms with van der Waals surface area (Å²) in [5.41, 5.74) is 0. The van der Waals surface area contributed by atoms with Crippen molar-refractivity contribution >= 4 is 34.0 Å². The molecule has 0 radical (unpaired) electrons. The molecule has 102 valence electrons. The van der Waals surface area contributed by atoms with E-state index in [4.69, 9.17) is 16.0 Å². The highest BCUT2D eigenvalue weighted by atomic mass is 35.5. The monoisotopic (exact) mass is 300 g/mol. The van der Waals surface area contributed by atoms with E-state index < -0.39 is 5.97 Å². The minimum Gasteiger partial charge on any atom is -0.465 e. The van der Waals surface area contributed by atoms with Crippen LogP contribution >= 0.6 is 22.9 Å². The third-order valence-electron chi connectivity index (χ3n) is 2.46.